The first-order valence-electron chi connectivity index (χ1n) is 2.45. The molecule has 15 nitrogen and oxygen atoms in total. The summed E-state index contributed by atoms with van der Waals surface area (Å²) in [6.45, 7) is 0. The van der Waals surface area contributed by atoms with Gasteiger partial charge in [0.1, 0.15) is 0 Å². The van der Waals surface area contributed by atoms with Crippen LogP contribution in [0.4, 0.5) is 0 Å². The molecule has 0 aliphatic heterocycles. The first kappa shape index (κ1) is 28.3. The Balaban J connectivity index is -0.0000000853. The zero-order valence-corrected chi connectivity index (χ0v) is 14.6. The Hall–Kier alpha value is 0.118. The summed E-state index contributed by atoms with van der Waals surface area (Å²) in [5.74, 6) is 0. The second-order valence-electron chi connectivity index (χ2n) is 1.37. The molecule has 20 heavy (non-hydrogen) atoms. The van der Waals surface area contributed by atoms with Crippen LogP contribution in [0.3, 0.4) is 0 Å². The van der Waals surface area contributed by atoms with Gasteiger partial charge in [0.2, 0.25) is 0 Å². The molecule has 0 bridgehead atoms. The Morgan fingerprint density at radius 1 is 0.600 bits per heavy atom. The van der Waals surface area contributed by atoms with Crippen LogP contribution >= 0.6 is 8.60 Å². The van der Waals surface area contributed by atoms with E-state index in [-0.39, 0.29) is 0 Å². The van der Waals surface area contributed by atoms with Gasteiger partial charge >= 0.3 is 125 Å². The SMILES string of the molecule is OP(O)[O][Ir].[O]=[Fe](=[O])(=[O])=[O].[O]=[Fe](=[O])(=[O])=[O].[O]=[Fe](=[O])(=[O])=[O]. The van der Waals surface area contributed by atoms with Crippen LogP contribution in [0.25, 0.3) is 0 Å². The monoisotopic (exact) mass is 634 g/mol. The third-order valence-electron chi connectivity index (χ3n) is 0.0544. The third kappa shape index (κ3) is 1180. The molecule has 0 aliphatic rings. The van der Waals surface area contributed by atoms with E-state index in [1.807, 2.05) is 0 Å². The van der Waals surface area contributed by atoms with E-state index in [0.717, 1.165) is 0 Å². The molecular weight excluding hydrogens is 631 g/mol. The molecule has 0 spiro atoms. The Kier molecular flexibility index (Phi) is 18.2. The van der Waals surface area contributed by atoms with Crippen molar-refractivity contribution in [3.63, 3.8) is 0 Å². The van der Waals surface area contributed by atoms with Crippen LogP contribution in [0.15, 0.2) is 0 Å². The van der Waals surface area contributed by atoms with Crippen molar-refractivity contribution in [1.29, 1.82) is 0 Å². The number of rotatable bonds is 1. The second-order valence-corrected chi connectivity index (χ2v) is 6.63. The fraction of sp³-hybridized carbons (Fsp3) is 0. The average Bonchev–Trinajstić information content (AvgIpc) is 1.93. The van der Waals surface area contributed by atoms with Gasteiger partial charge in [0.05, 0.1) is 0 Å². The topological polar surface area (TPSA) is 255 Å². The van der Waals surface area contributed by atoms with Crippen molar-refractivity contribution >= 4 is 8.60 Å². The predicted molar refractivity (Wildman–Crippen MR) is 20.7 cm³/mol. The van der Waals surface area contributed by atoms with Crippen molar-refractivity contribution in [1.82, 2.24) is 0 Å². The Bertz CT molecular complexity index is 671. The second kappa shape index (κ2) is 12.8. The number of hydrogen-bond donors (Lipinski definition) is 2. The average molecular weight is 633 g/mol. The first-order chi connectivity index (χ1) is 8.27. The molecule has 0 aliphatic carbocycles. The van der Waals surface area contributed by atoms with Crippen molar-refractivity contribution in [2.75, 3.05) is 0 Å². The summed E-state index contributed by atoms with van der Waals surface area (Å²) in [4.78, 5) is 15.5. The van der Waals surface area contributed by atoms with Gasteiger partial charge in [-0.25, -0.2) is 0 Å². The molecule has 0 aromatic heterocycles. The van der Waals surface area contributed by atoms with Crippen molar-refractivity contribution in [2.45, 2.75) is 0 Å². The fourth-order valence-corrected chi connectivity index (χ4v) is 0. The summed E-state index contributed by atoms with van der Waals surface area (Å²) in [6.07, 6.45) is 0. The molecule has 0 amide bonds. The summed E-state index contributed by atoms with van der Waals surface area (Å²) in [7, 11) is -2.10. The minimum absolute atomic E-state index is 1.23. The number of hydrogen-bond acceptors (Lipinski definition) is 15. The predicted octanol–water partition coefficient (Wildman–Crippen LogP) is -1.76. The first-order valence-corrected chi connectivity index (χ1v) is 10.0. The van der Waals surface area contributed by atoms with Gasteiger partial charge in [0.25, 0.3) is 0 Å². The molecule has 0 saturated carbocycles. The van der Waals surface area contributed by atoms with E-state index >= 15 is 0 Å². The van der Waals surface area contributed by atoms with E-state index in [9.17, 15) is 0 Å². The minimum atomic E-state index is -5.50. The van der Waals surface area contributed by atoms with Gasteiger partial charge < -0.3 is 0 Å². The standard InChI is InChI=1S/3Fe.Ir.H2O3P.12O/c;;;;1-4(2)3;;;;;;;;;;;;/h;;;;1-2H;;;;;;;;;;;;/q;;;+1;-1;;;;;;;;;;;;. The van der Waals surface area contributed by atoms with Crippen molar-refractivity contribution in [2.24, 2.45) is 0 Å². The third-order valence-corrected chi connectivity index (χ3v) is 1.34. The van der Waals surface area contributed by atoms with Crippen molar-refractivity contribution in [3.8, 4) is 0 Å². The summed E-state index contributed by atoms with van der Waals surface area (Å²) < 4.78 is 107. The van der Waals surface area contributed by atoms with Gasteiger partial charge in [-0.15, -0.1) is 0 Å². The molecule has 0 aromatic rings. The maximum absolute atomic E-state index is 8.56. The van der Waals surface area contributed by atoms with Gasteiger partial charge in [0.15, 0.2) is 0 Å². The summed E-state index contributed by atoms with van der Waals surface area (Å²) in [5, 5.41) is 0. The van der Waals surface area contributed by atoms with Gasteiger partial charge in [0, 0.05) is 0 Å². The summed E-state index contributed by atoms with van der Waals surface area (Å²) >= 11 is -15.3. The van der Waals surface area contributed by atoms with Crippen molar-refractivity contribution in [3.05, 3.63) is 0 Å². The van der Waals surface area contributed by atoms with Gasteiger partial charge in [-0.3, -0.25) is 0 Å². The van der Waals surface area contributed by atoms with Crippen LogP contribution in [0.5, 0.6) is 0 Å². The van der Waals surface area contributed by atoms with Crippen LogP contribution in [-0.4, -0.2) is 9.79 Å². The molecule has 0 saturated heterocycles. The van der Waals surface area contributed by atoms with E-state index in [4.69, 9.17) is 55.8 Å². The van der Waals surface area contributed by atoms with E-state index < -0.39 is 46.3 Å². The molecule has 0 unspecified atom stereocenters. The quantitative estimate of drug-likeness (QED) is 0.240. The maximum atomic E-state index is 8.56. The summed E-state index contributed by atoms with van der Waals surface area (Å²) in [5.41, 5.74) is 0. The van der Waals surface area contributed by atoms with Gasteiger partial charge in [-0.1, -0.05) is 0 Å². The molecule has 20 heteroatoms. The summed E-state index contributed by atoms with van der Waals surface area (Å²) in [6, 6.07) is 0. The molecular formula is H2Fe3IrO15P. The molecule has 0 fully saturated rings. The Morgan fingerprint density at radius 2 is 0.650 bits per heavy atom. The van der Waals surface area contributed by atoms with Crippen LogP contribution in [0, 0.1) is 0 Å². The molecule has 0 heterocycles. The Labute approximate surface area is 124 Å². The van der Waals surface area contributed by atoms with Crippen LogP contribution in [0.2, 0.25) is 0 Å². The van der Waals surface area contributed by atoms with Crippen LogP contribution < -0.4 is 0 Å². The molecule has 130 valence electrons. The molecule has 2 N–H and O–H groups in total. The van der Waals surface area contributed by atoms with Gasteiger partial charge in [-0.05, 0) is 0 Å². The molecule has 0 rings (SSSR count). The normalized spacial score (nSPS) is 10.8. The van der Waals surface area contributed by atoms with E-state index in [2.05, 4.69) is 3.28 Å². The van der Waals surface area contributed by atoms with E-state index in [1.165, 1.54) is 19.3 Å². The Morgan fingerprint density at radius 3 is 0.650 bits per heavy atom. The fourth-order valence-electron chi connectivity index (χ4n) is 0. The molecule has 0 aromatic carbocycles. The van der Waals surface area contributed by atoms with E-state index in [0.29, 0.717) is 0 Å². The zero-order valence-electron chi connectivity index (χ0n) is 8.04. The molecule has 0 atom stereocenters. The van der Waals surface area contributed by atoms with Gasteiger partial charge in [-0.2, -0.15) is 0 Å². The molecule has 0 radical (unpaired) electrons. The van der Waals surface area contributed by atoms with Crippen LogP contribution in [-0.2, 0) is 106 Å². The van der Waals surface area contributed by atoms with Crippen LogP contribution in [0.1, 0.15) is 0 Å². The van der Waals surface area contributed by atoms with E-state index in [1.54, 1.807) is 0 Å². The zero-order chi connectivity index (χ0) is 17.8. The van der Waals surface area contributed by atoms with Crippen molar-refractivity contribution < 1.29 is 116 Å².